The van der Waals surface area contributed by atoms with Crippen LogP contribution in [0.3, 0.4) is 0 Å². The van der Waals surface area contributed by atoms with Crippen molar-refractivity contribution in [3.63, 3.8) is 0 Å². The van der Waals surface area contributed by atoms with Gasteiger partial charge < -0.3 is 16.0 Å². The third-order valence-corrected chi connectivity index (χ3v) is 5.29. The average molecular weight is 333 g/mol. The van der Waals surface area contributed by atoms with Gasteiger partial charge in [-0.2, -0.15) is 0 Å². The molecule has 2 atom stereocenters. The van der Waals surface area contributed by atoms with Crippen molar-refractivity contribution in [2.24, 2.45) is 11.3 Å². The largest absolute Gasteiger partial charge is 0.354 e. The van der Waals surface area contributed by atoms with Gasteiger partial charge in [-0.1, -0.05) is 12.8 Å². The summed E-state index contributed by atoms with van der Waals surface area (Å²) in [7, 11) is 0. The molecule has 1 heterocycles. The molecule has 1 aromatic carbocycles. The van der Waals surface area contributed by atoms with E-state index in [0.717, 1.165) is 32.4 Å². The Labute approximate surface area is 141 Å². The first-order chi connectivity index (χ1) is 11.6. The Kier molecular flexibility index (Phi) is 5.14. The van der Waals surface area contributed by atoms with E-state index in [0.29, 0.717) is 24.6 Å². The van der Waals surface area contributed by atoms with E-state index in [2.05, 4.69) is 16.0 Å². The van der Waals surface area contributed by atoms with E-state index >= 15 is 0 Å². The van der Waals surface area contributed by atoms with E-state index in [-0.39, 0.29) is 23.0 Å². The first-order valence-corrected chi connectivity index (χ1v) is 8.65. The van der Waals surface area contributed by atoms with Crippen molar-refractivity contribution in [3.05, 3.63) is 35.6 Å². The van der Waals surface area contributed by atoms with Crippen LogP contribution in [0.4, 0.5) is 4.39 Å². The van der Waals surface area contributed by atoms with Gasteiger partial charge >= 0.3 is 0 Å². The van der Waals surface area contributed by atoms with Gasteiger partial charge in [-0.15, -0.1) is 0 Å². The first kappa shape index (κ1) is 16.9. The number of nitrogens with one attached hydrogen (secondary N) is 3. The monoisotopic (exact) mass is 333 g/mol. The highest BCUT2D eigenvalue weighted by Crippen LogP contribution is 2.43. The molecule has 2 fully saturated rings. The number of halogens is 1. The highest BCUT2D eigenvalue weighted by Gasteiger charge is 2.49. The molecule has 3 rings (SSSR count). The molecule has 0 unspecified atom stereocenters. The summed E-state index contributed by atoms with van der Waals surface area (Å²) in [4.78, 5) is 24.6. The highest BCUT2D eigenvalue weighted by molar-refractivity contribution is 5.94. The molecule has 1 aliphatic heterocycles. The van der Waals surface area contributed by atoms with Crippen LogP contribution in [0.1, 0.15) is 36.0 Å². The number of hydrogen-bond donors (Lipinski definition) is 3. The zero-order valence-electron chi connectivity index (χ0n) is 13.7. The lowest BCUT2D eigenvalue weighted by Gasteiger charge is -2.37. The molecule has 0 aromatic heterocycles. The van der Waals surface area contributed by atoms with E-state index in [1.807, 2.05) is 0 Å². The van der Waals surface area contributed by atoms with Crippen LogP contribution in [0.2, 0.25) is 0 Å². The SMILES string of the molecule is O=C(NCCNC(=O)[C@@]12CCCC[C@H]1CNC2)c1ccc(F)cc1. The standard InChI is InChI=1S/C18H24FN3O2/c19-15-6-4-13(5-7-15)16(23)21-9-10-22-17(24)18-8-2-1-3-14(18)11-20-12-18/h4-7,14,20H,1-3,8-12H2,(H,21,23)(H,22,24)/t14-,18+/m0/s1. The molecule has 1 saturated heterocycles. The second-order valence-corrected chi connectivity index (χ2v) is 6.75. The van der Waals surface area contributed by atoms with E-state index in [4.69, 9.17) is 0 Å². The Balaban J connectivity index is 1.45. The minimum atomic E-state index is -0.370. The van der Waals surface area contributed by atoms with Crippen LogP contribution in [-0.4, -0.2) is 38.0 Å². The zero-order valence-corrected chi connectivity index (χ0v) is 13.7. The summed E-state index contributed by atoms with van der Waals surface area (Å²) in [6.07, 6.45) is 4.36. The summed E-state index contributed by atoms with van der Waals surface area (Å²) >= 11 is 0. The summed E-state index contributed by atoms with van der Waals surface area (Å²) < 4.78 is 12.8. The fourth-order valence-electron chi connectivity index (χ4n) is 3.92. The molecule has 2 aliphatic rings. The maximum atomic E-state index is 12.8. The number of benzene rings is 1. The maximum Gasteiger partial charge on any atom is 0.251 e. The summed E-state index contributed by atoms with van der Waals surface area (Å²) in [5.41, 5.74) is 0.146. The predicted octanol–water partition coefficient (Wildman–Crippen LogP) is 1.45. The molecule has 2 amide bonds. The van der Waals surface area contributed by atoms with Gasteiger partial charge in [-0.05, 0) is 49.6 Å². The van der Waals surface area contributed by atoms with Gasteiger partial charge in [0.05, 0.1) is 5.41 Å². The maximum absolute atomic E-state index is 12.8. The fourth-order valence-corrected chi connectivity index (χ4v) is 3.92. The molecule has 130 valence electrons. The summed E-state index contributed by atoms with van der Waals surface area (Å²) in [6, 6.07) is 5.40. The summed E-state index contributed by atoms with van der Waals surface area (Å²) in [5.74, 6) is -0.0981. The van der Waals surface area contributed by atoms with Crippen LogP contribution in [-0.2, 0) is 4.79 Å². The second-order valence-electron chi connectivity index (χ2n) is 6.75. The summed E-state index contributed by atoms with van der Waals surface area (Å²) in [6.45, 7) is 2.44. The quantitative estimate of drug-likeness (QED) is 0.715. The lowest BCUT2D eigenvalue weighted by molar-refractivity contribution is -0.133. The number of fused-ring (bicyclic) bond motifs is 1. The Morgan fingerprint density at radius 2 is 1.92 bits per heavy atom. The van der Waals surface area contributed by atoms with Gasteiger partial charge in [0.25, 0.3) is 5.91 Å². The van der Waals surface area contributed by atoms with Crippen LogP contribution in [0.25, 0.3) is 0 Å². The molecule has 0 radical (unpaired) electrons. The average Bonchev–Trinajstić information content (AvgIpc) is 3.04. The lowest BCUT2D eigenvalue weighted by atomic mass is 9.67. The molecule has 0 spiro atoms. The van der Waals surface area contributed by atoms with Gasteiger partial charge in [-0.25, -0.2) is 4.39 Å². The van der Waals surface area contributed by atoms with Crippen molar-refractivity contribution in [1.82, 2.24) is 16.0 Å². The molecular formula is C18H24FN3O2. The number of carbonyl (C=O) groups excluding carboxylic acids is 2. The topological polar surface area (TPSA) is 70.2 Å². The van der Waals surface area contributed by atoms with Crippen LogP contribution < -0.4 is 16.0 Å². The minimum absolute atomic E-state index is 0.105. The van der Waals surface area contributed by atoms with E-state index in [1.165, 1.54) is 30.7 Å². The first-order valence-electron chi connectivity index (χ1n) is 8.65. The lowest BCUT2D eigenvalue weighted by Crippen LogP contribution is -2.49. The Bertz CT molecular complexity index is 605. The Morgan fingerprint density at radius 1 is 1.17 bits per heavy atom. The zero-order chi connectivity index (χ0) is 17.0. The molecule has 24 heavy (non-hydrogen) atoms. The van der Waals surface area contributed by atoms with Crippen LogP contribution in [0.5, 0.6) is 0 Å². The van der Waals surface area contributed by atoms with Crippen molar-refractivity contribution in [3.8, 4) is 0 Å². The Hall–Kier alpha value is -1.95. The van der Waals surface area contributed by atoms with Crippen molar-refractivity contribution in [2.45, 2.75) is 25.7 Å². The third-order valence-electron chi connectivity index (χ3n) is 5.29. The fraction of sp³-hybridized carbons (Fsp3) is 0.556. The molecule has 1 aliphatic carbocycles. The molecule has 1 saturated carbocycles. The molecule has 0 bridgehead atoms. The van der Waals surface area contributed by atoms with E-state index in [1.54, 1.807) is 0 Å². The molecule has 5 nitrogen and oxygen atoms in total. The van der Waals surface area contributed by atoms with Crippen molar-refractivity contribution >= 4 is 11.8 Å². The summed E-state index contributed by atoms with van der Waals surface area (Å²) in [5, 5.41) is 9.08. The van der Waals surface area contributed by atoms with Crippen molar-refractivity contribution < 1.29 is 14.0 Å². The minimum Gasteiger partial charge on any atom is -0.354 e. The number of rotatable bonds is 5. The van der Waals surface area contributed by atoms with E-state index < -0.39 is 0 Å². The van der Waals surface area contributed by atoms with Gasteiger partial charge in [0, 0.05) is 25.2 Å². The predicted molar refractivity (Wildman–Crippen MR) is 89.0 cm³/mol. The van der Waals surface area contributed by atoms with Crippen LogP contribution in [0, 0.1) is 17.2 Å². The van der Waals surface area contributed by atoms with Crippen molar-refractivity contribution in [2.75, 3.05) is 26.2 Å². The second kappa shape index (κ2) is 7.30. The number of hydrogen-bond acceptors (Lipinski definition) is 3. The van der Waals surface area contributed by atoms with Gasteiger partial charge in [0.2, 0.25) is 5.91 Å². The van der Waals surface area contributed by atoms with E-state index in [9.17, 15) is 14.0 Å². The molecular weight excluding hydrogens is 309 g/mol. The van der Waals surface area contributed by atoms with Crippen molar-refractivity contribution in [1.29, 1.82) is 0 Å². The van der Waals surface area contributed by atoms with Crippen LogP contribution in [0.15, 0.2) is 24.3 Å². The van der Waals surface area contributed by atoms with Gasteiger partial charge in [0.1, 0.15) is 5.82 Å². The smallest absolute Gasteiger partial charge is 0.251 e. The van der Waals surface area contributed by atoms with Gasteiger partial charge in [-0.3, -0.25) is 9.59 Å². The molecule has 1 aromatic rings. The molecule has 3 N–H and O–H groups in total. The third kappa shape index (κ3) is 3.43. The number of carbonyl (C=O) groups is 2. The normalized spacial score (nSPS) is 25.8. The van der Waals surface area contributed by atoms with Crippen LogP contribution >= 0.6 is 0 Å². The van der Waals surface area contributed by atoms with Gasteiger partial charge in [0.15, 0.2) is 0 Å². The highest BCUT2D eigenvalue weighted by atomic mass is 19.1. The number of amides is 2. The Morgan fingerprint density at radius 3 is 2.71 bits per heavy atom. The molecule has 6 heteroatoms.